The summed E-state index contributed by atoms with van der Waals surface area (Å²) >= 11 is 1.38. The lowest BCUT2D eigenvalue weighted by Crippen LogP contribution is -2.14. The highest BCUT2D eigenvalue weighted by atomic mass is 32.2. The SMILES string of the molecule is COc1ccccc1NC(=O)CSc1nccn2nc(-c3ccc(C)c(C)c3)cc12. The van der Waals surface area contributed by atoms with Crippen molar-refractivity contribution in [3.05, 3.63) is 72.1 Å². The highest BCUT2D eigenvalue weighted by Gasteiger charge is 2.13. The number of amides is 1. The summed E-state index contributed by atoms with van der Waals surface area (Å²) in [6, 6.07) is 15.7. The van der Waals surface area contributed by atoms with Gasteiger partial charge < -0.3 is 10.1 Å². The smallest absolute Gasteiger partial charge is 0.234 e. The van der Waals surface area contributed by atoms with E-state index in [4.69, 9.17) is 4.74 Å². The lowest BCUT2D eigenvalue weighted by Gasteiger charge is -2.09. The summed E-state index contributed by atoms with van der Waals surface area (Å²) in [5.74, 6) is 0.738. The summed E-state index contributed by atoms with van der Waals surface area (Å²) in [5.41, 5.74) is 5.95. The van der Waals surface area contributed by atoms with Crippen molar-refractivity contribution in [1.82, 2.24) is 14.6 Å². The van der Waals surface area contributed by atoms with Crippen LogP contribution in [0.3, 0.4) is 0 Å². The molecule has 2 aromatic carbocycles. The Morgan fingerprint density at radius 2 is 1.97 bits per heavy atom. The van der Waals surface area contributed by atoms with Crippen LogP contribution in [0.25, 0.3) is 16.8 Å². The number of nitrogens with one attached hydrogen (secondary N) is 1. The third kappa shape index (κ3) is 4.16. The van der Waals surface area contributed by atoms with Crippen LogP contribution in [0.2, 0.25) is 0 Å². The zero-order valence-corrected chi connectivity index (χ0v) is 17.9. The number of rotatable bonds is 6. The van der Waals surface area contributed by atoms with Crippen LogP contribution in [0.15, 0.2) is 66.0 Å². The lowest BCUT2D eigenvalue weighted by atomic mass is 10.0. The molecule has 30 heavy (non-hydrogen) atoms. The third-order valence-electron chi connectivity index (χ3n) is 4.88. The van der Waals surface area contributed by atoms with E-state index in [0.717, 1.165) is 21.8 Å². The van der Waals surface area contributed by atoms with E-state index in [1.807, 2.05) is 36.5 Å². The Balaban J connectivity index is 1.52. The summed E-state index contributed by atoms with van der Waals surface area (Å²) in [6.07, 6.45) is 3.52. The van der Waals surface area contributed by atoms with Gasteiger partial charge in [0.25, 0.3) is 0 Å². The fourth-order valence-corrected chi connectivity index (χ4v) is 3.89. The summed E-state index contributed by atoms with van der Waals surface area (Å²) in [4.78, 5) is 16.9. The average Bonchev–Trinajstić information content (AvgIpc) is 3.19. The second-order valence-corrected chi connectivity index (χ2v) is 7.89. The number of methoxy groups -OCH3 is 1. The van der Waals surface area contributed by atoms with Crippen LogP contribution in [0.4, 0.5) is 5.69 Å². The molecule has 1 amide bonds. The number of thioether (sulfide) groups is 1. The van der Waals surface area contributed by atoms with Gasteiger partial charge in [0.05, 0.1) is 29.8 Å². The molecule has 0 bridgehead atoms. The van der Waals surface area contributed by atoms with Gasteiger partial charge in [0.2, 0.25) is 5.91 Å². The number of ether oxygens (including phenoxy) is 1. The number of anilines is 1. The van der Waals surface area contributed by atoms with Gasteiger partial charge in [-0.05, 0) is 49.2 Å². The maximum Gasteiger partial charge on any atom is 0.234 e. The van der Waals surface area contributed by atoms with Crippen molar-refractivity contribution in [2.45, 2.75) is 18.9 Å². The number of nitrogens with zero attached hydrogens (tertiary/aromatic N) is 3. The zero-order chi connectivity index (χ0) is 21.1. The molecule has 2 heterocycles. The van der Waals surface area contributed by atoms with Gasteiger partial charge >= 0.3 is 0 Å². The largest absolute Gasteiger partial charge is 0.495 e. The molecular weight excluding hydrogens is 396 g/mol. The lowest BCUT2D eigenvalue weighted by molar-refractivity contribution is -0.113. The fraction of sp³-hybridized carbons (Fsp3) is 0.174. The van der Waals surface area contributed by atoms with Crippen molar-refractivity contribution >= 4 is 28.9 Å². The first-order valence-corrected chi connectivity index (χ1v) is 10.5. The summed E-state index contributed by atoms with van der Waals surface area (Å²) in [6.45, 7) is 4.19. The first-order chi connectivity index (χ1) is 14.5. The molecule has 2 aromatic heterocycles. The molecule has 6 nitrogen and oxygen atoms in total. The number of carbonyl (C=O) groups excluding carboxylic acids is 1. The predicted molar refractivity (Wildman–Crippen MR) is 120 cm³/mol. The molecule has 1 N–H and O–H groups in total. The predicted octanol–water partition coefficient (Wildman–Crippen LogP) is 4.75. The standard InChI is InChI=1S/C23H22N4O2S/c1-15-8-9-17(12-16(15)2)19-13-20-23(24-10-11-27(20)26-19)30-14-22(28)25-18-6-4-5-7-21(18)29-3/h4-13H,14H2,1-3H3,(H,25,28). The molecule has 0 saturated carbocycles. The van der Waals surface area contributed by atoms with Gasteiger partial charge in [0.1, 0.15) is 10.8 Å². The van der Waals surface area contributed by atoms with E-state index in [9.17, 15) is 4.79 Å². The number of aromatic nitrogens is 3. The highest BCUT2D eigenvalue weighted by molar-refractivity contribution is 8.00. The van der Waals surface area contributed by atoms with Gasteiger partial charge in [-0.25, -0.2) is 9.50 Å². The summed E-state index contributed by atoms with van der Waals surface area (Å²) in [7, 11) is 1.58. The number of hydrogen-bond donors (Lipinski definition) is 1. The van der Waals surface area contributed by atoms with Crippen molar-refractivity contribution in [1.29, 1.82) is 0 Å². The van der Waals surface area contributed by atoms with Gasteiger partial charge in [-0.3, -0.25) is 4.79 Å². The van der Waals surface area contributed by atoms with Gasteiger partial charge in [0, 0.05) is 18.0 Å². The molecule has 0 saturated heterocycles. The molecule has 0 atom stereocenters. The molecule has 0 unspecified atom stereocenters. The van der Waals surface area contributed by atoms with Gasteiger partial charge in [0.15, 0.2) is 0 Å². The van der Waals surface area contributed by atoms with E-state index in [1.165, 1.54) is 22.9 Å². The maximum absolute atomic E-state index is 12.4. The molecular formula is C23H22N4O2S. The summed E-state index contributed by atoms with van der Waals surface area (Å²) < 4.78 is 7.09. The highest BCUT2D eigenvalue weighted by Crippen LogP contribution is 2.28. The molecule has 0 aliphatic carbocycles. The quantitative estimate of drug-likeness (QED) is 0.458. The molecule has 0 aliphatic heterocycles. The Kier molecular flexibility index (Phi) is 5.72. The first kappa shape index (κ1) is 20.0. The molecule has 152 valence electrons. The van der Waals surface area contributed by atoms with E-state index in [0.29, 0.717) is 11.4 Å². The first-order valence-electron chi connectivity index (χ1n) is 9.53. The topological polar surface area (TPSA) is 68.5 Å². The molecule has 4 aromatic rings. The molecule has 0 aliphatic rings. The van der Waals surface area contributed by atoms with Crippen molar-refractivity contribution in [2.24, 2.45) is 0 Å². The van der Waals surface area contributed by atoms with Gasteiger partial charge in [-0.2, -0.15) is 5.10 Å². The van der Waals surface area contributed by atoms with E-state index >= 15 is 0 Å². The second-order valence-electron chi connectivity index (χ2n) is 6.93. The Morgan fingerprint density at radius 1 is 1.13 bits per heavy atom. The van der Waals surface area contributed by atoms with Crippen LogP contribution < -0.4 is 10.1 Å². The van der Waals surface area contributed by atoms with Crippen molar-refractivity contribution < 1.29 is 9.53 Å². The second kappa shape index (κ2) is 8.59. The van der Waals surface area contributed by atoms with Crippen molar-refractivity contribution in [2.75, 3.05) is 18.2 Å². The fourth-order valence-electron chi connectivity index (χ4n) is 3.12. The van der Waals surface area contributed by atoms with Crippen LogP contribution in [0.5, 0.6) is 5.75 Å². The van der Waals surface area contributed by atoms with Crippen molar-refractivity contribution in [3.63, 3.8) is 0 Å². The van der Waals surface area contributed by atoms with E-state index in [1.54, 1.807) is 17.8 Å². The van der Waals surface area contributed by atoms with Crippen LogP contribution in [0.1, 0.15) is 11.1 Å². The number of para-hydroxylation sites is 2. The Hall–Kier alpha value is -3.32. The summed E-state index contributed by atoms with van der Waals surface area (Å²) in [5, 5.41) is 8.33. The molecule has 7 heteroatoms. The minimum atomic E-state index is -0.123. The average molecular weight is 419 g/mol. The van der Waals surface area contributed by atoms with E-state index in [2.05, 4.69) is 47.4 Å². The number of carbonyl (C=O) groups is 1. The van der Waals surface area contributed by atoms with Crippen LogP contribution in [-0.2, 0) is 4.79 Å². The molecule has 0 radical (unpaired) electrons. The van der Waals surface area contributed by atoms with Gasteiger partial charge in [-0.1, -0.05) is 36.0 Å². The van der Waals surface area contributed by atoms with E-state index < -0.39 is 0 Å². The van der Waals surface area contributed by atoms with Crippen LogP contribution in [-0.4, -0.2) is 33.4 Å². The normalized spacial score (nSPS) is 10.9. The molecule has 0 spiro atoms. The Labute approximate surface area is 179 Å². The van der Waals surface area contributed by atoms with Crippen molar-refractivity contribution in [3.8, 4) is 17.0 Å². The molecule has 4 rings (SSSR count). The number of aryl methyl sites for hydroxylation is 2. The van der Waals surface area contributed by atoms with Crippen LogP contribution >= 0.6 is 11.8 Å². The maximum atomic E-state index is 12.4. The molecule has 0 fully saturated rings. The zero-order valence-electron chi connectivity index (χ0n) is 17.0. The minimum absolute atomic E-state index is 0.123. The van der Waals surface area contributed by atoms with E-state index in [-0.39, 0.29) is 11.7 Å². The van der Waals surface area contributed by atoms with Crippen LogP contribution in [0, 0.1) is 13.8 Å². The minimum Gasteiger partial charge on any atom is -0.495 e. The number of fused-ring (bicyclic) bond motifs is 1. The monoisotopic (exact) mass is 418 g/mol. The third-order valence-corrected chi connectivity index (χ3v) is 5.87. The Bertz CT molecular complexity index is 1220. The van der Waals surface area contributed by atoms with Gasteiger partial charge in [-0.15, -0.1) is 0 Å². The number of hydrogen-bond acceptors (Lipinski definition) is 5. The number of benzene rings is 2. The Morgan fingerprint density at radius 3 is 2.77 bits per heavy atom.